The van der Waals surface area contributed by atoms with E-state index >= 15 is 0 Å². The molecule has 124 valence electrons. The number of aliphatic imine (C=N–C) groups is 1. The molecule has 5 nitrogen and oxygen atoms in total. The number of halogens is 1. The van der Waals surface area contributed by atoms with Gasteiger partial charge in [0.1, 0.15) is 0 Å². The van der Waals surface area contributed by atoms with Gasteiger partial charge in [0.05, 0.1) is 10.6 Å². The van der Waals surface area contributed by atoms with Gasteiger partial charge in [0.2, 0.25) is 0 Å². The molecule has 0 N–H and O–H groups in total. The summed E-state index contributed by atoms with van der Waals surface area (Å²) < 4.78 is 0. The Labute approximate surface area is 146 Å². The smallest absolute Gasteiger partial charge is 0.269 e. The van der Waals surface area contributed by atoms with Crippen LogP contribution in [0, 0.1) is 10.1 Å². The van der Waals surface area contributed by atoms with Crippen LogP contribution in [0.2, 0.25) is 5.02 Å². The van der Waals surface area contributed by atoms with Crippen LogP contribution in [0.4, 0.5) is 11.4 Å². The first kappa shape index (κ1) is 17.7. The lowest BCUT2D eigenvalue weighted by atomic mass is 10.1. The molecule has 0 amide bonds. The van der Waals surface area contributed by atoms with Crippen molar-refractivity contribution in [2.24, 2.45) is 4.99 Å². The molecule has 0 saturated heterocycles. The summed E-state index contributed by atoms with van der Waals surface area (Å²) in [4.78, 5) is 16.4. The number of nitrogens with zero attached hydrogens (tertiary/aromatic N) is 3. The van der Waals surface area contributed by atoms with Gasteiger partial charge in [0, 0.05) is 35.1 Å². The Morgan fingerprint density at radius 2 is 1.83 bits per heavy atom. The summed E-state index contributed by atoms with van der Waals surface area (Å²) in [5.41, 5.74) is 3.51. The maximum absolute atomic E-state index is 10.8. The molecule has 0 heterocycles. The van der Waals surface area contributed by atoms with Crippen molar-refractivity contribution in [3.63, 3.8) is 0 Å². The van der Waals surface area contributed by atoms with Gasteiger partial charge in [0.25, 0.3) is 5.69 Å². The van der Waals surface area contributed by atoms with E-state index in [1.807, 2.05) is 43.0 Å². The van der Waals surface area contributed by atoms with Gasteiger partial charge in [-0.05, 0) is 44.3 Å². The molecule has 6 heteroatoms. The molecular weight excluding hydrogens is 326 g/mol. The lowest BCUT2D eigenvalue weighted by Gasteiger charge is -2.27. The molecule has 2 aromatic rings. The first-order valence-electron chi connectivity index (χ1n) is 7.33. The largest absolute Gasteiger partial charge is 0.339 e. The molecule has 0 atom stereocenters. The molecule has 2 rings (SSSR count). The van der Waals surface area contributed by atoms with E-state index in [4.69, 9.17) is 11.6 Å². The van der Waals surface area contributed by atoms with E-state index in [-0.39, 0.29) is 5.69 Å². The van der Waals surface area contributed by atoms with Crippen LogP contribution in [0.5, 0.6) is 0 Å². The zero-order valence-corrected chi connectivity index (χ0v) is 14.3. The van der Waals surface area contributed by atoms with Gasteiger partial charge in [-0.25, -0.2) is 0 Å². The molecule has 0 unspecified atom stereocenters. The average Bonchev–Trinajstić information content (AvgIpc) is 2.60. The van der Waals surface area contributed by atoms with Crippen molar-refractivity contribution in [3.8, 4) is 0 Å². The minimum Gasteiger partial charge on any atom is -0.339 e. The molecule has 0 spiro atoms. The van der Waals surface area contributed by atoms with Crippen molar-refractivity contribution < 1.29 is 4.92 Å². The molecule has 0 aliphatic heterocycles. The highest BCUT2D eigenvalue weighted by atomic mass is 35.5. The molecule has 0 bridgehead atoms. The zero-order chi connectivity index (χ0) is 17.7. The molecule has 0 aromatic heterocycles. The summed E-state index contributed by atoms with van der Waals surface area (Å²) in [5, 5.41) is 11.5. The van der Waals surface area contributed by atoms with Crippen molar-refractivity contribution >= 4 is 29.7 Å². The first-order chi connectivity index (χ1) is 11.4. The highest BCUT2D eigenvalue weighted by molar-refractivity contribution is 6.31. The third-order valence-electron chi connectivity index (χ3n) is 3.82. The van der Waals surface area contributed by atoms with Crippen LogP contribution in [-0.4, -0.2) is 11.6 Å². The standard InChI is InChI=1S/C18H18ClN3O2/c1-13(20-3)14(2)21(12-15-6-4-5-7-18(15)19)16-8-10-17(11-9-16)22(23)24/h4-11H,3,12H2,1-2H3/b14-13-. The van der Waals surface area contributed by atoms with Crippen molar-refractivity contribution in [3.05, 3.63) is 80.6 Å². The zero-order valence-electron chi connectivity index (χ0n) is 13.6. The maximum Gasteiger partial charge on any atom is 0.269 e. The Hall–Kier alpha value is -2.66. The van der Waals surface area contributed by atoms with Gasteiger partial charge >= 0.3 is 0 Å². The highest BCUT2D eigenvalue weighted by Crippen LogP contribution is 2.28. The molecular formula is C18H18ClN3O2. The van der Waals surface area contributed by atoms with Crippen molar-refractivity contribution in [1.82, 2.24) is 0 Å². The number of hydrogen-bond acceptors (Lipinski definition) is 4. The number of benzene rings is 2. The summed E-state index contributed by atoms with van der Waals surface area (Å²) in [6.07, 6.45) is 0. The quantitative estimate of drug-likeness (QED) is 0.411. The number of nitro groups is 1. The van der Waals surface area contributed by atoms with E-state index in [1.54, 1.807) is 12.1 Å². The summed E-state index contributed by atoms with van der Waals surface area (Å²) in [6.45, 7) is 7.89. The topological polar surface area (TPSA) is 58.7 Å². The fourth-order valence-corrected chi connectivity index (χ4v) is 2.46. The predicted octanol–water partition coefficient (Wildman–Crippen LogP) is 5.21. The van der Waals surface area contributed by atoms with E-state index in [9.17, 15) is 10.1 Å². The predicted molar refractivity (Wildman–Crippen MR) is 98.7 cm³/mol. The number of anilines is 1. The molecule has 2 aromatic carbocycles. The van der Waals surface area contributed by atoms with Gasteiger partial charge in [0.15, 0.2) is 0 Å². The van der Waals surface area contributed by atoms with E-state index in [0.29, 0.717) is 11.6 Å². The second-order valence-corrected chi connectivity index (χ2v) is 5.69. The molecule has 0 fully saturated rings. The van der Waals surface area contributed by atoms with E-state index < -0.39 is 4.92 Å². The van der Waals surface area contributed by atoms with Gasteiger partial charge in [-0.2, -0.15) is 0 Å². The number of non-ortho nitro benzene ring substituents is 1. The van der Waals surface area contributed by atoms with Crippen LogP contribution in [0.15, 0.2) is 64.9 Å². The second-order valence-electron chi connectivity index (χ2n) is 5.28. The Morgan fingerprint density at radius 3 is 2.38 bits per heavy atom. The van der Waals surface area contributed by atoms with Crippen molar-refractivity contribution in [1.29, 1.82) is 0 Å². The van der Waals surface area contributed by atoms with Crippen LogP contribution in [0.1, 0.15) is 19.4 Å². The van der Waals surface area contributed by atoms with E-state index in [2.05, 4.69) is 11.7 Å². The minimum atomic E-state index is -0.415. The third-order valence-corrected chi connectivity index (χ3v) is 4.19. The average molecular weight is 344 g/mol. The maximum atomic E-state index is 10.8. The second kappa shape index (κ2) is 7.75. The number of nitro benzene ring substituents is 1. The fraction of sp³-hybridized carbons (Fsp3) is 0.167. The molecule has 0 aliphatic carbocycles. The summed E-state index contributed by atoms with van der Waals surface area (Å²) in [5.74, 6) is 0. The summed E-state index contributed by atoms with van der Waals surface area (Å²) in [7, 11) is 0. The molecule has 24 heavy (non-hydrogen) atoms. The highest BCUT2D eigenvalue weighted by Gasteiger charge is 2.15. The monoisotopic (exact) mass is 343 g/mol. The molecule has 0 aliphatic rings. The first-order valence-corrected chi connectivity index (χ1v) is 7.71. The molecule has 0 radical (unpaired) electrons. The number of allylic oxidation sites excluding steroid dienone is 2. The van der Waals surface area contributed by atoms with Gasteiger partial charge < -0.3 is 4.90 Å². The van der Waals surface area contributed by atoms with Gasteiger partial charge in [-0.15, -0.1) is 0 Å². The Bertz CT molecular complexity index is 785. The summed E-state index contributed by atoms with van der Waals surface area (Å²) in [6, 6.07) is 14.0. The number of rotatable bonds is 6. The lowest BCUT2D eigenvalue weighted by molar-refractivity contribution is -0.384. The van der Waals surface area contributed by atoms with E-state index in [0.717, 1.165) is 22.6 Å². The van der Waals surface area contributed by atoms with Crippen molar-refractivity contribution in [2.45, 2.75) is 20.4 Å². The Kier molecular flexibility index (Phi) is 5.71. The van der Waals surface area contributed by atoms with Crippen molar-refractivity contribution in [2.75, 3.05) is 4.90 Å². The third kappa shape index (κ3) is 4.00. The number of hydrogen-bond donors (Lipinski definition) is 0. The van der Waals surface area contributed by atoms with Crippen LogP contribution < -0.4 is 4.90 Å². The fourth-order valence-electron chi connectivity index (χ4n) is 2.26. The van der Waals surface area contributed by atoms with Crippen LogP contribution in [-0.2, 0) is 6.54 Å². The van der Waals surface area contributed by atoms with Crippen LogP contribution in [0.25, 0.3) is 0 Å². The molecule has 0 saturated carbocycles. The van der Waals surface area contributed by atoms with E-state index in [1.165, 1.54) is 12.1 Å². The lowest BCUT2D eigenvalue weighted by Crippen LogP contribution is -2.21. The SMILES string of the molecule is C=N/C(C)=C(/C)N(Cc1ccccc1Cl)c1ccc([N+](=O)[O-])cc1. The van der Waals surface area contributed by atoms with Gasteiger partial charge in [-0.1, -0.05) is 29.8 Å². The van der Waals surface area contributed by atoms with Crippen LogP contribution in [0.3, 0.4) is 0 Å². The normalized spacial score (nSPS) is 11.6. The Morgan fingerprint density at radius 1 is 1.21 bits per heavy atom. The van der Waals surface area contributed by atoms with Gasteiger partial charge in [-0.3, -0.25) is 15.1 Å². The minimum absolute atomic E-state index is 0.0524. The summed E-state index contributed by atoms with van der Waals surface area (Å²) >= 11 is 6.27. The Balaban J connectivity index is 2.45. The van der Waals surface area contributed by atoms with Crippen LogP contribution >= 0.6 is 11.6 Å².